The molecule has 0 amide bonds. The molecule has 15 heavy (non-hydrogen) atoms. The highest BCUT2D eigenvalue weighted by atomic mass is 79.9. The lowest BCUT2D eigenvalue weighted by Gasteiger charge is -2.21. The normalized spacial score (nSPS) is 25.7. The average Bonchev–Trinajstić information content (AvgIpc) is 2.59. The van der Waals surface area contributed by atoms with Crippen LogP contribution in [0.4, 0.5) is 0 Å². The van der Waals surface area contributed by atoms with Crippen LogP contribution in [-0.2, 0) is 6.42 Å². The van der Waals surface area contributed by atoms with E-state index in [4.69, 9.17) is 0 Å². The number of nitrogens with one attached hydrogen (secondary N) is 1. The van der Waals surface area contributed by atoms with E-state index in [1.807, 2.05) is 0 Å². The van der Waals surface area contributed by atoms with E-state index in [2.05, 4.69) is 21.2 Å². The molecule has 1 atom stereocenters. The molecule has 82 valence electrons. The Kier molecular flexibility index (Phi) is 3.00. The topological polar surface area (TPSA) is 52.5 Å². The molecule has 1 unspecified atom stereocenters. The number of aliphatic hydroxyl groups is 1. The number of hydrogen-bond donors (Lipinski definition) is 3. The number of aromatic hydroxyl groups is 1. The second kappa shape index (κ2) is 4.12. The Labute approximate surface area is 97.3 Å². The standard InChI is InChI=1S/C11H14BrNO2/c12-10-2-1-9(14)5-8(10)6-11(15)3-4-13-7-11/h1-2,5,13-15H,3-4,6-7H2. The van der Waals surface area contributed by atoms with Crippen LogP contribution in [-0.4, -0.2) is 28.9 Å². The predicted molar refractivity (Wildman–Crippen MR) is 61.9 cm³/mol. The summed E-state index contributed by atoms with van der Waals surface area (Å²) in [6.45, 7) is 1.47. The van der Waals surface area contributed by atoms with Gasteiger partial charge in [-0.25, -0.2) is 0 Å². The summed E-state index contributed by atoms with van der Waals surface area (Å²) in [6.07, 6.45) is 1.32. The fourth-order valence-corrected chi connectivity index (χ4v) is 2.32. The van der Waals surface area contributed by atoms with Crippen LogP contribution in [0.3, 0.4) is 0 Å². The highest BCUT2D eigenvalue weighted by Crippen LogP contribution is 2.28. The Hall–Kier alpha value is -0.580. The van der Waals surface area contributed by atoms with E-state index in [0.717, 1.165) is 23.0 Å². The van der Waals surface area contributed by atoms with Crippen molar-refractivity contribution in [1.29, 1.82) is 0 Å². The van der Waals surface area contributed by atoms with Gasteiger partial charge in [0.25, 0.3) is 0 Å². The highest BCUT2D eigenvalue weighted by Gasteiger charge is 2.31. The van der Waals surface area contributed by atoms with Crippen molar-refractivity contribution in [1.82, 2.24) is 5.32 Å². The second-order valence-corrected chi connectivity index (χ2v) is 4.96. The first kappa shape index (κ1) is 10.9. The molecule has 0 radical (unpaired) electrons. The van der Waals surface area contributed by atoms with Gasteiger partial charge in [0, 0.05) is 17.4 Å². The molecule has 1 aromatic carbocycles. The van der Waals surface area contributed by atoms with Gasteiger partial charge in [-0.15, -0.1) is 0 Å². The zero-order valence-electron chi connectivity index (χ0n) is 8.33. The van der Waals surface area contributed by atoms with Crippen LogP contribution in [0.5, 0.6) is 5.75 Å². The van der Waals surface area contributed by atoms with Crippen LogP contribution in [0, 0.1) is 0 Å². The Morgan fingerprint density at radius 1 is 1.47 bits per heavy atom. The van der Waals surface area contributed by atoms with Gasteiger partial charge in [-0.05, 0) is 36.7 Å². The molecule has 0 saturated carbocycles. The molecule has 2 rings (SSSR count). The number of benzene rings is 1. The van der Waals surface area contributed by atoms with Gasteiger partial charge in [-0.2, -0.15) is 0 Å². The monoisotopic (exact) mass is 271 g/mol. The van der Waals surface area contributed by atoms with Gasteiger partial charge in [-0.3, -0.25) is 0 Å². The third kappa shape index (κ3) is 2.51. The zero-order valence-corrected chi connectivity index (χ0v) is 9.92. The summed E-state index contributed by atoms with van der Waals surface area (Å²) in [7, 11) is 0. The molecule has 1 aromatic rings. The Morgan fingerprint density at radius 3 is 2.93 bits per heavy atom. The minimum absolute atomic E-state index is 0.239. The molecule has 1 heterocycles. The maximum Gasteiger partial charge on any atom is 0.115 e. The number of phenols is 1. The number of hydrogen-bond acceptors (Lipinski definition) is 3. The van der Waals surface area contributed by atoms with Crippen molar-refractivity contribution < 1.29 is 10.2 Å². The maximum atomic E-state index is 10.2. The summed E-state index contributed by atoms with van der Waals surface area (Å²) < 4.78 is 0.931. The summed E-state index contributed by atoms with van der Waals surface area (Å²) in [6, 6.07) is 5.13. The Bertz CT molecular complexity index is 362. The molecule has 3 nitrogen and oxygen atoms in total. The van der Waals surface area contributed by atoms with E-state index in [-0.39, 0.29) is 5.75 Å². The smallest absolute Gasteiger partial charge is 0.115 e. The van der Waals surface area contributed by atoms with Crippen LogP contribution >= 0.6 is 15.9 Å². The molecular weight excluding hydrogens is 258 g/mol. The lowest BCUT2D eigenvalue weighted by atomic mass is 9.94. The molecule has 0 bridgehead atoms. The van der Waals surface area contributed by atoms with E-state index < -0.39 is 5.60 Å². The van der Waals surface area contributed by atoms with E-state index in [0.29, 0.717) is 13.0 Å². The first-order valence-corrected chi connectivity index (χ1v) is 5.79. The summed E-state index contributed by atoms with van der Waals surface area (Å²) in [5.74, 6) is 0.239. The first-order chi connectivity index (χ1) is 7.09. The molecule has 1 aliphatic rings. The van der Waals surface area contributed by atoms with Crippen molar-refractivity contribution in [3.8, 4) is 5.75 Å². The largest absolute Gasteiger partial charge is 0.508 e. The average molecular weight is 272 g/mol. The SMILES string of the molecule is Oc1ccc(Br)c(CC2(O)CCNC2)c1. The summed E-state index contributed by atoms with van der Waals surface area (Å²) in [5, 5.41) is 22.7. The van der Waals surface area contributed by atoms with Crippen molar-refractivity contribution in [2.45, 2.75) is 18.4 Å². The molecule has 0 aliphatic carbocycles. The molecule has 1 fully saturated rings. The maximum absolute atomic E-state index is 10.2. The minimum atomic E-state index is -0.670. The fraction of sp³-hybridized carbons (Fsp3) is 0.455. The van der Waals surface area contributed by atoms with Crippen molar-refractivity contribution in [3.63, 3.8) is 0 Å². The molecule has 0 aromatic heterocycles. The van der Waals surface area contributed by atoms with Crippen molar-refractivity contribution in [2.75, 3.05) is 13.1 Å². The molecule has 4 heteroatoms. The molecule has 1 saturated heterocycles. The zero-order chi connectivity index (χ0) is 10.9. The van der Waals surface area contributed by atoms with E-state index in [1.54, 1.807) is 18.2 Å². The van der Waals surface area contributed by atoms with Crippen molar-refractivity contribution >= 4 is 15.9 Å². The molecule has 3 N–H and O–H groups in total. The van der Waals surface area contributed by atoms with Crippen molar-refractivity contribution in [2.24, 2.45) is 0 Å². The number of phenolic OH excluding ortho intramolecular Hbond substituents is 1. The summed E-state index contributed by atoms with van der Waals surface area (Å²) >= 11 is 3.42. The van der Waals surface area contributed by atoms with Gasteiger partial charge in [-0.1, -0.05) is 15.9 Å². The molecule has 0 spiro atoms. The Morgan fingerprint density at radius 2 is 2.27 bits per heavy atom. The fourth-order valence-electron chi connectivity index (χ4n) is 1.93. The van der Waals surface area contributed by atoms with Gasteiger partial charge in [0.1, 0.15) is 5.75 Å². The number of halogens is 1. The summed E-state index contributed by atoms with van der Waals surface area (Å²) in [4.78, 5) is 0. The van der Waals surface area contributed by atoms with Crippen LogP contribution in [0.25, 0.3) is 0 Å². The van der Waals surface area contributed by atoms with E-state index >= 15 is 0 Å². The van der Waals surface area contributed by atoms with Crippen molar-refractivity contribution in [3.05, 3.63) is 28.2 Å². The lowest BCUT2D eigenvalue weighted by molar-refractivity contribution is 0.0617. The van der Waals surface area contributed by atoms with E-state index in [9.17, 15) is 10.2 Å². The van der Waals surface area contributed by atoms with E-state index in [1.165, 1.54) is 0 Å². The third-order valence-corrected chi connectivity index (χ3v) is 3.54. The third-order valence-electron chi connectivity index (χ3n) is 2.77. The van der Waals surface area contributed by atoms with Crippen LogP contribution in [0.1, 0.15) is 12.0 Å². The lowest BCUT2D eigenvalue weighted by Crippen LogP contribution is -2.33. The second-order valence-electron chi connectivity index (χ2n) is 4.10. The van der Waals surface area contributed by atoms with Gasteiger partial charge in [0.15, 0.2) is 0 Å². The van der Waals surface area contributed by atoms with Gasteiger partial charge < -0.3 is 15.5 Å². The number of rotatable bonds is 2. The quantitative estimate of drug-likeness (QED) is 0.763. The first-order valence-electron chi connectivity index (χ1n) is 5.00. The Balaban J connectivity index is 2.19. The van der Waals surface area contributed by atoms with Crippen LogP contribution in [0.15, 0.2) is 22.7 Å². The van der Waals surface area contributed by atoms with Crippen LogP contribution < -0.4 is 5.32 Å². The van der Waals surface area contributed by atoms with Gasteiger partial charge >= 0.3 is 0 Å². The van der Waals surface area contributed by atoms with Gasteiger partial charge in [0.2, 0.25) is 0 Å². The minimum Gasteiger partial charge on any atom is -0.508 e. The predicted octanol–water partition coefficient (Wildman–Crippen LogP) is 1.42. The van der Waals surface area contributed by atoms with Crippen LogP contribution in [0.2, 0.25) is 0 Å². The molecular formula is C11H14BrNO2. The highest BCUT2D eigenvalue weighted by molar-refractivity contribution is 9.10. The summed E-state index contributed by atoms with van der Waals surface area (Å²) in [5.41, 5.74) is 0.275. The van der Waals surface area contributed by atoms with Gasteiger partial charge in [0.05, 0.1) is 5.60 Å². The number of β-amino-alcohol motifs (C(OH)–C–C–N with tert-alkyl or cyclic N) is 1. The molecule has 1 aliphatic heterocycles.